The SMILES string of the molecule is CCCN(CCO)C(=O)c1cc(COc2cccc(F)c2)[nH]n1. The number of nitrogens with zero attached hydrogens (tertiary/aromatic N) is 2. The number of aliphatic hydroxyl groups excluding tert-OH is 1. The second kappa shape index (κ2) is 8.28. The molecular formula is C16H20FN3O3. The lowest BCUT2D eigenvalue weighted by Crippen LogP contribution is -2.34. The van der Waals surface area contributed by atoms with Crippen molar-refractivity contribution in [1.82, 2.24) is 15.1 Å². The van der Waals surface area contributed by atoms with Gasteiger partial charge in [0.05, 0.1) is 12.3 Å². The first-order valence-electron chi connectivity index (χ1n) is 7.46. The van der Waals surface area contributed by atoms with Gasteiger partial charge in [-0.15, -0.1) is 0 Å². The lowest BCUT2D eigenvalue weighted by atomic mass is 10.3. The van der Waals surface area contributed by atoms with Crippen molar-refractivity contribution < 1.29 is 19.0 Å². The first kappa shape index (κ1) is 17.0. The number of aromatic amines is 1. The molecule has 0 saturated carbocycles. The highest BCUT2D eigenvalue weighted by Crippen LogP contribution is 2.14. The predicted octanol–water partition coefficient (Wildman–Crippen LogP) is 1.97. The number of carbonyl (C=O) groups excluding carboxylic acids is 1. The Labute approximate surface area is 133 Å². The Hall–Kier alpha value is -2.41. The van der Waals surface area contributed by atoms with Gasteiger partial charge in [-0.05, 0) is 24.6 Å². The minimum atomic E-state index is -0.373. The molecule has 2 aromatic rings. The molecule has 6 nitrogen and oxygen atoms in total. The number of aromatic nitrogens is 2. The van der Waals surface area contributed by atoms with Crippen LogP contribution < -0.4 is 4.74 Å². The van der Waals surface area contributed by atoms with E-state index in [1.807, 2.05) is 6.92 Å². The molecule has 7 heteroatoms. The Morgan fingerprint density at radius 3 is 2.91 bits per heavy atom. The number of hydrogen-bond acceptors (Lipinski definition) is 4. The third-order valence-electron chi connectivity index (χ3n) is 3.19. The number of halogens is 1. The van der Waals surface area contributed by atoms with Crippen LogP contribution in [0.1, 0.15) is 29.5 Å². The van der Waals surface area contributed by atoms with Gasteiger partial charge in [-0.2, -0.15) is 5.10 Å². The minimum Gasteiger partial charge on any atom is -0.487 e. The lowest BCUT2D eigenvalue weighted by molar-refractivity contribution is 0.0716. The number of aliphatic hydroxyl groups is 1. The molecule has 0 aliphatic carbocycles. The van der Waals surface area contributed by atoms with Crippen molar-refractivity contribution in [1.29, 1.82) is 0 Å². The average Bonchev–Trinajstić information content (AvgIpc) is 3.01. The molecular weight excluding hydrogens is 301 g/mol. The predicted molar refractivity (Wildman–Crippen MR) is 82.6 cm³/mol. The molecule has 23 heavy (non-hydrogen) atoms. The van der Waals surface area contributed by atoms with E-state index in [0.29, 0.717) is 18.0 Å². The first-order chi connectivity index (χ1) is 11.1. The molecule has 0 aliphatic rings. The summed E-state index contributed by atoms with van der Waals surface area (Å²) in [7, 11) is 0. The van der Waals surface area contributed by atoms with Crippen molar-refractivity contribution in [2.24, 2.45) is 0 Å². The van der Waals surface area contributed by atoms with Crippen LogP contribution >= 0.6 is 0 Å². The van der Waals surface area contributed by atoms with E-state index < -0.39 is 0 Å². The zero-order valence-electron chi connectivity index (χ0n) is 13.0. The molecule has 0 spiro atoms. The zero-order chi connectivity index (χ0) is 16.7. The summed E-state index contributed by atoms with van der Waals surface area (Å²) >= 11 is 0. The molecule has 0 atom stereocenters. The highest BCUT2D eigenvalue weighted by Gasteiger charge is 2.17. The zero-order valence-corrected chi connectivity index (χ0v) is 13.0. The second-order valence-corrected chi connectivity index (χ2v) is 5.04. The summed E-state index contributed by atoms with van der Waals surface area (Å²) in [6.45, 7) is 2.85. The van der Waals surface area contributed by atoms with Gasteiger partial charge >= 0.3 is 0 Å². The molecule has 0 bridgehead atoms. The molecule has 1 aromatic carbocycles. The number of carbonyl (C=O) groups is 1. The van der Waals surface area contributed by atoms with E-state index in [0.717, 1.165) is 6.42 Å². The molecule has 0 aliphatic heterocycles. The molecule has 1 amide bonds. The van der Waals surface area contributed by atoms with Crippen LogP contribution in [0.5, 0.6) is 5.75 Å². The third-order valence-corrected chi connectivity index (χ3v) is 3.19. The fourth-order valence-electron chi connectivity index (χ4n) is 2.13. The summed E-state index contributed by atoms with van der Waals surface area (Å²) < 4.78 is 18.5. The van der Waals surface area contributed by atoms with E-state index in [9.17, 15) is 9.18 Å². The van der Waals surface area contributed by atoms with Gasteiger partial charge in [0.1, 0.15) is 18.2 Å². The van der Waals surface area contributed by atoms with Gasteiger partial charge in [0.25, 0.3) is 5.91 Å². The topological polar surface area (TPSA) is 78.5 Å². The van der Waals surface area contributed by atoms with Crippen LogP contribution in [0.2, 0.25) is 0 Å². The Balaban J connectivity index is 1.98. The maximum atomic E-state index is 13.1. The normalized spacial score (nSPS) is 10.6. The van der Waals surface area contributed by atoms with Crippen molar-refractivity contribution in [2.75, 3.05) is 19.7 Å². The number of H-pyrrole nitrogens is 1. The van der Waals surface area contributed by atoms with E-state index in [1.54, 1.807) is 23.1 Å². The van der Waals surface area contributed by atoms with Crippen LogP contribution in [-0.4, -0.2) is 45.8 Å². The monoisotopic (exact) mass is 321 g/mol. The van der Waals surface area contributed by atoms with E-state index >= 15 is 0 Å². The van der Waals surface area contributed by atoms with Gasteiger partial charge in [0, 0.05) is 19.2 Å². The van der Waals surface area contributed by atoms with Crippen LogP contribution in [-0.2, 0) is 6.61 Å². The van der Waals surface area contributed by atoms with Crippen molar-refractivity contribution in [2.45, 2.75) is 20.0 Å². The van der Waals surface area contributed by atoms with Gasteiger partial charge in [-0.25, -0.2) is 4.39 Å². The Bertz CT molecular complexity index is 639. The number of amides is 1. The summed E-state index contributed by atoms with van der Waals surface area (Å²) in [4.78, 5) is 13.8. The maximum absolute atomic E-state index is 13.1. The first-order valence-corrected chi connectivity index (χ1v) is 7.46. The van der Waals surface area contributed by atoms with E-state index in [-0.39, 0.29) is 37.2 Å². The highest BCUT2D eigenvalue weighted by atomic mass is 19.1. The Morgan fingerprint density at radius 1 is 1.39 bits per heavy atom. The molecule has 0 saturated heterocycles. The fraction of sp³-hybridized carbons (Fsp3) is 0.375. The third kappa shape index (κ3) is 4.79. The number of rotatable bonds is 8. The van der Waals surface area contributed by atoms with Crippen LogP contribution in [0.15, 0.2) is 30.3 Å². The Morgan fingerprint density at radius 2 is 2.22 bits per heavy atom. The minimum absolute atomic E-state index is 0.0916. The largest absolute Gasteiger partial charge is 0.487 e. The van der Waals surface area contributed by atoms with Gasteiger partial charge in [-0.3, -0.25) is 9.89 Å². The van der Waals surface area contributed by atoms with Crippen molar-refractivity contribution in [3.8, 4) is 5.75 Å². The van der Waals surface area contributed by atoms with E-state index in [1.165, 1.54) is 12.1 Å². The summed E-state index contributed by atoms with van der Waals surface area (Å²) in [6, 6.07) is 7.43. The van der Waals surface area contributed by atoms with Gasteiger partial charge in [-0.1, -0.05) is 13.0 Å². The second-order valence-electron chi connectivity index (χ2n) is 5.04. The molecule has 2 N–H and O–H groups in total. The van der Waals surface area contributed by atoms with Gasteiger partial charge in [0.2, 0.25) is 0 Å². The molecule has 1 heterocycles. The number of benzene rings is 1. The van der Waals surface area contributed by atoms with Crippen LogP contribution in [0.3, 0.4) is 0 Å². The summed E-state index contributed by atoms with van der Waals surface area (Å²) in [6.07, 6.45) is 0.797. The maximum Gasteiger partial charge on any atom is 0.274 e. The summed E-state index contributed by atoms with van der Waals surface area (Å²) in [5.41, 5.74) is 0.878. The number of hydrogen-bond donors (Lipinski definition) is 2. The van der Waals surface area contributed by atoms with Crippen LogP contribution in [0, 0.1) is 5.82 Å². The van der Waals surface area contributed by atoms with Gasteiger partial charge in [0.15, 0.2) is 5.69 Å². The van der Waals surface area contributed by atoms with Crippen molar-refractivity contribution in [3.63, 3.8) is 0 Å². The molecule has 1 aromatic heterocycles. The number of nitrogens with one attached hydrogen (secondary N) is 1. The van der Waals surface area contributed by atoms with Crippen LogP contribution in [0.25, 0.3) is 0 Å². The van der Waals surface area contributed by atoms with E-state index in [2.05, 4.69) is 10.2 Å². The van der Waals surface area contributed by atoms with Crippen molar-refractivity contribution in [3.05, 3.63) is 47.5 Å². The fourth-order valence-corrected chi connectivity index (χ4v) is 2.13. The molecule has 2 rings (SSSR count). The summed E-state index contributed by atoms with van der Waals surface area (Å²) in [5, 5.41) is 15.7. The van der Waals surface area contributed by atoms with Crippen molar-refractivity contribution >= 4 is 5.91 Å². The smallest absolute Gasteiger partial charge is 0.274 e. The number of ether oxygens (including phenoxy) is 1. The Kier molecular flexibility index (Phi) is 6.10. The molecule has 0 fully saturated rings. The summed E-state index contributed by atoms with van der Waals surface area (Å²) in [5.74, 6) is -0.211. The quantitative estimate of drug-likeness (QED) is 0.779. The highest BCUT2D eigenvalue weighted by molar-refractivity contribution is 5.92. The molecule has 0 radical (unpaired) electrons. The van der Waals surface area contributed by atoms with Crippen LogP contribution in [0.4, 0.5) is 4.39 Å². The molecule has 124 valence electrons. The molecule has 0 unspecified atom stereocenters. The van der Waals surface area contributed by atoms with E-state index in [4.69, 9.17) is 9.84 Å². The van der Waals surface area contributed by atoms with Gasteiger partial charge < -0.3 is 14.7 Å². The lowest BCUT2D eigenvalue weighted by Gasteiger charge is -2.19. The average molecular weight is 321 g/mol. The standard InChI is InChI=1S/C16H20FN3O3/c1-2-6-20(7-8-21)16(22)15-10-13(18-19-15)11-23-14-5-3-4-12(17)9-14/h3-5,9-10,21H,2,6-8,11H2,1H3,(H,18,19).